The average molecular weight is 382 g/mol. The number of nitrogens with zero attached hydrogens (tertiary/aromatic N) is 2. The highest BCUT2D eigenvalue weighted by molar-refractivity contribution is 7.09. The first-order chi connectivity index (χ1) is 12.3. The van der Waals surface area contributed by atoms with Crippen molar-refractivity contribution >= 4 is 23.3 Å². The number of allylic oxidation sites excluding steroid dienone is 1. The Morgan fingerprint density at radius 1 is 1.31 bits per heavy atom. The van der Waals surface area contributed by atoms with E-state index in [4.69, 9.17) is 5.73 Å². The molecule has 0 atom stereocenters. The van der Waals surface area contributed by atoms with Gasteiger partial charge >= 0.3 is 6.03 Å². The minimum Gasteiger partial charge on any atom is -0.351 e. The first kappa shape index (κ1) is 22.1. The van der Waals surface area contributed by atoms with Crippen LogP contribution in [0.2, 0.25) is 0 Å². The molecule has 1 aromatic rings. The second-order valence-corrected chi connectivity index (χ2v) is 7.63. The molecule has 0 saturated heterocycles. The van der Waals surface area contributed by atoms with E-state index < -0.39 is 0 Å². The third-order valence-corrected chi connectivity index (χ3v) is 4.88. The van der Waals surface area contributed by atoms with Crippen molar-refractivity contribution in [3.05, 3.63) is 27.4 Å². The topological polar surface area (TPSA) is 100 Å². The molecular formula is C18H31N5O2S. The summed E-state index contributed by atoms with van der Waals surface area (Å²) in [6.07, 6.45) is 1.67. The second-order valence-electron chi connectivity index (χ2n) is 6.74. The molecule has 1 heterocycles. The molecule has 3 amide bonds. The summed E-state index contributed by atoms with van der Waals surface area (Å²) in [5, 5.41) is 8.54. The van der Waals surface area contributed by atoms with E-state index in [1.807, 2.05) is 5.38 Å². The fraction of sp³-hybridized carbons (Fsp3) is 0.611. The highest BCUT2D eigenvalue weighted by Gasteiger charge is 2.18. The fourth-order valence-corrected chi connectivity index (χ4v) is 2.97. The van der Waals surface area contributed by atoms with E-state index in [0.717, 1.165) is 29.1 Å². The molecule has 0 aromatic carbocycles. The standard InChI is InChI=1S/C18H31N5O2S/c1-12(2)15(16(24)20-9-7-6-8-19)22-18(25)23(5)10-14-11-26-17(21-14)13(3)4/h11,13H,6-10,19H2,1-5H3,(H,20,24)(H,22,25). The van der Waals surface area contributed by atoms with Gasteiger partial charge in [0.05, 0.1) is 17.2 Å². The molecule has 1 rings (SSSR count). The number of amides is 3. The van der Waals surface area contributed by atoms with Gasteiger partial charge in [-0.1, -0.05) is 13.8 Å². The number of rotatable bonds is 9. The molecule has 0 unspecified atom stereocenters. The molecule has 0 spiro atoms. The summed E-state index contributed by atoms with van der Waals surface area (Å²) in [4.78, 5) is 30.8. The summed E-state index contributed by atoms with van der Waals surface area (Å²) in [5.41, 5.74) is 7.33. The van der Waals surface area contributed by atoms with Crippen LogP contribution in [0.4, 0.5) is 4.79 Å². The van der Waals surface area contributed by atoms with Crippen LogP contribution in [0.3, 0.4) is 0 Å². The Kier molecular flexibility index (Phi) is 9.29. The third kappa shape index (κ3) is 7.13. The van der Waals surface area contributed by atoms with Crippen molar-refractivity contribution in [2.24, 2.45) is 5.73 Å². The van der Waals surface area contributed by atoms with Gasteiger partial charge in [-0.05, 0) is 38.8 Å². The highest BCUT2D eigenvalue weighted by Crippen LogP contribution is 2.19. The van der Waals surface area contributed by atoms with E-state index >= 15 is 0 Å². The van der Waals surface area contributed by atoms with Crippen LogP contribution in [-0.2, 0) is 11.3 Å². The maximum Gasteiger partial charge on any atom is 0.322 e. The van der Waals surface area contributed by atoms with E-state index in [0.29, 0.717) is 25.6 Å². The van der Waals surface area contributed by atoms with Crippen molar-refractivity contribution in [3.8, 4) is 0 Å². The smallest absolute Gasteiger partial charge is 0.322 e. The number of carbonyl (C=O) groups is 2. The predicted molar refractivity (Wildman–Crippen MR) is 106 cm³/mol. The van der Waals surface area contributed by atoms with Gasteiger partial charge in [0, 0.05) is 24.9 Å². The van der Waals surface area contributed by atoms with Crippen LogP contribution in [0, 0.1) is 0 Å². The van der Waals surface area contributed by atoms with E-state index in [1.165, 1.54) is 4.90 Å². The van der Waals surface area contributed by atoms with Crippen LogP contribution in [-0.4, -0.2) is 42.0 Å². The zero-order valence-electron chi connectivity index (χ0n) is 16.4. The molecule has 0 aliphatic heterocycles. The van der Waals surface area contributed by atoms with Gasteiger partial charge in [-0.2, -0.15) is 0 Å². The van der Waals surface area contributed by atoms with Crippen LogP contribution in [0.15, 0.2) is 16.7 Å². The number of aromatic nitrogens is 1. The molecule has 0 aliphatic rings. The lowest BCUT2D eigenvalue weighted by Crippen LogP contribution is -2.41. The van der Waals surface area contributed by atoms with Crippen molar-refractivity contribution in [1.82, 2.24) is 20.5 Å². The lowest BCUT2D eigenvalue weighted by atomic mass is 10.2. The summed E-state index contributed by atoms with van der Waals surface area (Å²) in [6.45, 7) is 9.30. The number of hydrogen-bond donors (Lipinski definition) is 3. The Balaban J connectivity index is 2.62. The Labute approximate surface area is 160 Å². The lowest BCUT2D eigenvalue weighted by Gasteiger charge is -2.19. The summed E-state index contributed by atoms with van der Waals surface area (Å²) >= 11 is 1.60. The van der Waals surface area contributed by atoms with Crippen molar-refractivity contribution in [2.45, 2.75) is 53.0 Å². The van der Waals surface area contributed by atoms with E-state index in [2.05, 4.69) is 29.5 Å². The van der Waals surface area contributed by atoms with Gasteiger partial charge in [0.1, 0.15) is 5.70 Å². The highest BCUT2D eigenvalue weighted by atomic mass is 32.1. The Morgan fingerprint density at radius 2 is 2.00 bits per heavy atom. The zero-order valence-corrected chi connectivity index (χ0v) is 17.2. The molecule has 0 bridgehead atoms. The molecule has 0 saturated carbocycles. The Hall–Kier alpha value is -1.93. The van der Waals surface area contributed by atoms with Gasteiger partial charge in [-0.15, -0.1) is 11.3 Å². The molecule has 0 aliphatic carbocycles. The van der Waals surface area contributed by atoms with Crippen LogP contribution >= 0.6 is 11.3 Å². The largest absolute Gasteiger partial charge is 0.351 e. The first-order valence-electron chi connectivity index (χ1n) is 8.88. The lowest BCUT2D eigenvalue weighted by molar-refractivity contribution is -0.117. The normalized spacial score (nSPS) is 10.6. The molecule has 8 heteroatoms. The van der Waals surface area contributed by atoms with Gasteiger partial charge in [-0.3, -0.25) is 4.79 Å². The zero-order chi connectivity index (χ0) is 19.7. The second kappa shape index (κ2) is 10.9. The van der Waals surface area contributed by atoms with Crippen LogP contribution in [0.5, 0.6) is 0 Å². The number of hydrogen-bond acceptors (Lipinski definition) is 5. The SMILES string of the molecule is CC(C)=C(NC(=O)N(C)Cc1csc(C(C)C)n1)C(=O)NCCCCN. The van der Waals surface area contributed by atoms with E-state index in [-0.39, 0.29) is 17.6 Å². The van der Waals surface area contributed by atoms with Gasteiger partial charge in [0.2, 0.25) is 0 Å². The summed E-state index contributed by atoms with van der Waals surface area (Å²) in [7, 11) is 1.69. The molecule has 0 fully saturated rings. The third-order valence-electron chi connectivity index (χ3n) is 3.68. The molecular weight excluding hydrogens is 350 g/mol. The van der Waals surface area contributed by atoms with Crippen LogP contribution in [0.25, 0.3) is 0 Å². The Bertz CT molecular complexity index is 635. The van der Waals surface area contributed by atoms with Crippen molar-refractivity contribution in [2.75, 3.05) is 20.1 Å². The molecule has 0 radical (unpaired) electrons. The van der Waals surface area contributed by atoms with Gasteiger partial charge < -0.3 is 21.3 Å². The number of carbonyl (C=O) groups excluding carboxylic acids is 2. The number of nitrogens with two attached hydrogens (primary N) is 1. The fourth-order valence-electron chi connectivity index (χ4n) is 2.15. The predicted octanol–water partition coefficient (Wildman–Crippen LogP) is 2.56. The molecule has 146 valence electrons. The van der Waals surface area contributed by atoms with Gasteiger partial charge in [-0.25, -0.2) is 9.78 Å². The summed E-state index contributed by atoms with van der Waals surface area (Å²) in [6, 6.07) is -0.336. The molecule has 1 aromatic heterocycles. The number of unbranched alkanes of at least 4 members (excludes halogenated alkanes) is 1. The summed E-state index contributed by atoms with van der Waals surface area (Å²) in [5.74, 6) is 0.0904. The molecule has 26 heavy (non-hydrogen) atoms. The number of thiazole rings is 1. The maximum absolute atomic E-state index is 12.4. The molecule has 7 nitrogen and oxygen atoms in total. The van der Waals surface area contributed by atoms with Gasteiger partial charge in [0.25, 0.3) is 5.91 Å². The Morgan fingerprint density at radius 3 is 2.54 bits per heavy atom. The first-order valence-corrected chi connectivity index (χ1v) is 9.76. The van der Waals surface area contributed by atoms with Gasteiger partial charge in [0.15, 0.2) is 0 Å². The number of nitrogens with one attached hydrogen (secondary N) is 2. The maximum atomic E-state index is 12.4. The van der Waals surface area contributed by atoms with Crippen molar-refractivity contribution in [1.29, 1.82) is 0 Å². The summed E-state index contributed by atoms with van der Waals surface area (Å²) < 4.78 is 0. The van der Waals surface area contributed by atoms with Crippen LogP contribution in [0.1, 0.15) is 57.2 Å². The van der Waals surface area contributed by atoms with Crippen molar-refractivity contribution < 1.29 is 9.59 Å². The quantitative estimate of drug-likeness (QED) is 0.452. The average Bonchev–Trinajstić information content (AvgIpc) is 3.04. The van der Waals surface area contributed by atoms with Crippen molar-refractivity contribution in [3.63, 3.8) is 0 Å². The monoisotopic (exact) mass is 381 g/mol. The van der Waals surface area contributed by atoms with E-state index in [9.17, 15) is 9.59 Å². The molecule has 4 N–H and O–H groups in total. The minimum atomic E-state index is -0.336. The van der Waals surface area contributed by atoms with E-state index in [1.54, 1.807) is 32.2 Å². The minimum absolute atomic E-state index is 0.278. The van der Waals surface area contributed by atoms with Crippen LogP contribution < -0.4 is 16.4 Å². The number of urea groups is 1.